The topological polar surface area (TPSA) is 43.8 Å². The maximum absolute atomic E-state index is 5.55. The second-order valence-electron chi connectivity index (χ2n) is 3.89. The minimum absolute atomic E-state index is 0.746. The highest BCUT2D eigenvalue weighted by Crippen LogP contribution is 2.23. The van der Waals surface area contributed by atoms with Crippen molar-refractivity contribution < 1.29 is 0 Å². The van der Waals surface area contributed by atoms with Gasteiger partial charge < -0.3 is 10.3 Å². The molecule has 2 heterocycles. The van der Waals surface area contributed by atoms with E-state index in [1.807, 2.05) is 12.3 Å². The van der Waals surface area contributed by atoms with Crippen LogP contribution in [0.1, 0.15) is 17.7 Å². The van der Waals surface area contributed by atoms with Crippen LogP contribution in [0.3, 0.4) is 0 Å². The molecule has 0 aliphatic heterocycles. The number of nitrogens with zero attached hydrogens (tertiary/aromatic N) is 2. The highest BCUT2D eigenvalue weighted by molar-refractivity contribution is 5.81. The van der Waals surface area contributed by atoms with E-state index in [4.69, 9.17) is 5.73 Å². The van der Waals surface area contributed by atoms with E-state index in [0.29, 0.717) is 0 Å². The Hall–Kier alpha value is -1.35. The third kappa shape index (κ3) is 1.63. The third-order valence-electron chi connectivity index (χ3n) is 3.00. The molecule has 0 saturated carbocycles. The molecule has 0 aromatic carbocycles. The molecule has 0 amide bonds. The van der Waals surface area contributed by atoms with Crippen molar-refractivity contribution >= 4 is 11.0 Å². The summed E-state index contributed by atoms with van der Waals surface area (Å²) in [6.07, 6.45) is 3.93. The molecule has 0 aliphatic carbocycles. The first-order valence-corrected chi connectivity index (χ1v) is 5.34. The molecule has 0 unspecified atom stereocenters. The summed E-state index contributed by atoms with van der Waals surface area (Å²) in [5, 5.41) is 1.27. The maximum Gasteiger partial charge on any atom is 0.140 e. The Labute approximate surface area is 89.9 Å². The number of rotatable bonds is 3. The first-order valence-electron chi connectivity index (χ1n) is 5.34. The van der Waals surface area contributed by atoms with E-state index in [1.54, 1.807) is 0 Å². The normalized spacial score (nSPS) is 11.1. The molecule has 0 atom stereocenters. The average molecular weight is 203 g/mol. The standard InChI is InChI=1S/C12H17N3/c1-9-10(5-3-7-13)11-6-4-8-14-12(11)15(9)2/h4,6,8H,3,5,7,13H2,1-2H3. The van der Waals surface area contributed by atoms with Gasteiger partial charge in [0.25, 0.3) is 0 Å². The highest BCUT2D eigenvalue weighted by Gasteiger charge is 2.11. The van der Waals surface area contributed by atoms with Gasteiger partial charge in [-0.3, -0.25) is 0 Å². The van der Waals surface area contributed by atoms with Crippen LogP contribution in [0.2, 0.25) is 0 Å². The molecule has 2 rings (SSSR count). The van der Waals surface area contributed by atoms with Gasteiger partial charge in [0.1, 0.15) is 5.65 Å². The predicted molar refractivity (Wildman–Crippen MR) is 62.8 cm³/mol. The molecule has 0 fully saturated rings. The molecule has 80 valence electrons. The van der Waals surface area contributed by atoms with Crippen molar-refractivity contribution in [2.45, 2.75) is 19.8 Å². The minimum Gasteiger partial charge on any atom is -0.333 e. The van der Waals surface area contributed by atoms with Gasteiger partial charge >= 0.3 is 0 Å². The second-order valence-corrected chi connectivity index (χ2v) is 3.89. The van der Waals surface area contributed by atoms with Gasteiger partial charge in [-0.2, -0.15) is 0 Å². The Balaban J connectivity index is 2.56. The van der Waals surface area contributed by atoms with E-state index in [1.165, 1.54) is 16.6 Å². The number of aromatic nitrogens is 2. The van der Waals surface area contributed by atoms with E-state index in [0.717, 1.165) is 25.0 Å². The Morgan fingerprint density at radius 2 is 2.27 bits per heavy atom. The van der Waals surface area contributed by atoms with Crippen molar-refractivity contribution in [1.82, 2.24) is 9.55 Å². The molecule has 2 aromatic heterocycles. The van der Waals surface area contributed by atoms with Crippen molar-refractivity contribution in [3.63, 3.8) is 0 Å². The molecule has 0 radical (unpaired) electrons. The summed E-state index contributed by atoms with van der Waals surface area (Å²) >= 11 is 0. The molecule has 2 aromatic rings. The highest BCUT2D eigenvalue weighted by atomic mass is 15.0. The molecule has 3 heteroatoms. The van der Waals surface area contributed by atoms with Gasteiger partial charge in [0.2, 0.25) is 0 Å². The van der Waals surface area contributed by atoms with Crippen LogP contribution in [0.4, 0.5) is 0 Å². The molecule has 2 N–H and O–H groups in total. The van der Waals surface area contributed by atoms with Crippen LogP contribution in [0, 0.1) is 6.92 Å². The van der Waals surface area contributed by atoms with Crippen LogP contribution in [0.15, 0.2) is 18.3 Å². The van der Waals surface area contributed by atoms with Crippen molar-refractivity contribution in [2.24, 2.45) is 12.8 Å². The van der Waals surface area contributed by atoms with Gasteiger partial charge in [-0.05, 0) is 44.0 Å². The predicted octanol–water partition coefficient (Wildman–Crippen LogP) is 1.77. The summed E-state index contributed by atoms with van der Waals surface area (Å²) in [4.78, 5) is 4.40. The molecular formula is C12H17N3. The number of nitrogens with two attached hydrogens (primary N) is 1. The van der Waals surface area contributed by atoms with Crippen LogP contribution in [-0.2, 0) is 13.5 Å². The van der Waals surface area contributed by atoms with Crippen molar-refractivity contribution in [1.29, 1.82) is 0 Å². The van der Waals surface area contributed by atoms with E-state index < -0.39 is 0 Å². The molecular weight excluding hydrogens is 186 g/mol. The Bertz CT molecular complexity index is 471. The van der Waals surface area contributed by atoms with Crippen LogP contribution in [-0.4, -0.2) is 16.1 Å². The monoisotopic (exact) mass is 203 g/mol. The zero-order valence-corrected chi connectivity index (χ0v) is 9.33. The zero-order chi connectivity index (χ0) is 10.8. The molecule has 0 saturated heterocycles. The Morgan fingerprint density at radius 3 is 3.00 bits per heavy atom. The number of fused-ring (bicyclic) bond motifs is 1. The zero-order valence-electron chi connectivity index (χ0n) is 9.33. The van der Waals surface area contributed by atoms with E-state index in [2.05, 4.69) is 29.6 Å². The Kier molecular flexibility index (Phi) is 2.73. The summed E-state index contributed by atoms with van der Waals surface area (Å²) in [5.74, 6) is 0. The molecule has 3 nitrogen and oxygen atoms in total. The van der Waals surface area contributed by atoms with Gasteiger partial charge in [0.05, 0.1) is 0 Å². The van der Waals surface area contributed by atoms with Crippen LogP contribution in [0.5, 0.6) is 0 Å². The van der Waals surface area contributed by atoms with Crippen molar-refractivity contribution in [2.75, 3.05) is 6.54 Å². The fourth-order valence-electron chi connectivity index (χ4n) is 2.05. The van der Waals surface area contributed by atoms with E-state index in [9.17, 15) is 0 Å². The van der Waals surface area contributed by atoms with Crippen molar-refractivity contribution in [3.8, 4) is 0 Å². The lowest BCUT2D eigenvalue weighted by Gasteiger charge is -2.00. The summed E-state index contributed by atoms with van der Waals surface area (Å²) < 4.78 is 2.15. The second kappa shape index (κ2) is 4.03. The largest absolute Gasteiger partial charge is 0.333 e. The fourth-order valence-corrected chi connectivity index (χ4v) is 2.05. The number of aryl methyl sites for hydroxylation is 2. The lowest BCUT2D eigenvalue weighted by Crippen LogP contribution is -2.01. The van der Waals surface area contributed by atoms with Gasteiger partial charge in [-0.15, -0.1) is 0 Å². The van der Waals surface area contributed by atoms with E-state index >= 15 is 0 Å². The smallest absolute Gasteiger partial charge is 0.140 e. The molecule has 15 heavy (non-hydrogen) atoms. The number of hydrogen-bond acceptors (Lipinski definition) is 2. The van der Waals surface area contributed by atoms with Crippen molar-refractivity contribution in [3.05, 3.63) is 29.6 Å². The number of pyridine rings is 1. The van der Waals surface area contributed by atoms with E-state index in [-0.39, 0.29) is 0 Å². The maximum atomic E-state index is 5.55. The van der Waals surface area contributed by atoms with Gasteiger partial charge in [-0.1, -0.05) is 0 Å². The molecule has 0 aliphatic rings. The molecule has 0 spiro atoms. The SMILES string of the molecule is Cc1c(CCCN)c2cccnc2n1C. The summed E-state index contributed by atoms with van der Waals surface area (Å²) in [6.45, 7) is 2.89. The lowest BCUT2D eigenvalue weighted by atomic mass is 10.1. The first-order chi connectivity index (χ1) is 7.25. The lowest BCUT2D eigenvalue weighted by molar-refractivity contribution is 0.815. The number of hydrogen-bond donors (Lipinski definition) is 1. The van der Waals surface area contributed by atoms with Crippen LogP contribution in [0.25, 0.3) is 11.0 Å². The first kappa shape index (κ1) is 10.2. The quantitative estimate of drug-likeness (QED) is 0.826. The molecule has 0 bridgehead atoms. The third-order valence-corrected chi connectivity index (χ3v) is 3.00. The summed E-state index contributed by atoms with van der Waals surface area (Å²) in [6, 6.07) is 4.13. The van der Waals surface area contributed by atoms with Crippen LogP contribution >= 0.6 is 0 Å². The average Bonchev–Trinajstić information content (AvgIpc) is 2.51. The Morgan fingerprint density at radius 1 is 1.47 bits per heavy atom. The van der Waals surface area contributed by atoms with Gasteiger partial charge in [0.15, 0.2) is 0 Å². The summed E-state index contributed by atoms with van der Waals surface area (Å²) in [5.41, 5.74) is 9.32. The minimum atomic E-state index is 0.746. The fraction of sp³-hybridized carbons (Fsp3) is 0.417. The van der Waals surface area contributed by atoms with Gasteiger partial charge in [0, 0.05) is 24.3 Å². The van der Waals surface area contributed by atoms with Crippen LogP contribution < -0.4 is 5.73 Å². The van der Waals surface area contributed by atoms with Gasteiger partial charge in [-0.25, -0.2) is 4.98 Å². The summed E-state index contributed by atoms with van der Waals surface area (Å²) in [7, 11) is 2.07.